The number of benzene rings is 1. The predicted octanol–water partition coefficient (Wildman–Crippen LogP) is 4.34. The first-order chi connectivity index (χ1) is 13.4. The highest BCUT2D eigenvalue weighted by atomic mass is 19.1. The molecule has 0 fully saturated rings. The topological polar surface area (TPSA) is 113 Å². The lowest BCUT2D eigenvalue weighted by atomic mass is 9.91. The number of carbonyl (C=O) groups is 1. The second-order valence-corrected chi connectivity index (χ2v) is 7.05. The molecule has 3 heterocycles. The van der Waals surface area contributed by atoms with Crippen LogP contribution in [0.15, 0.2) is 24.5 Å². The number of hydrogen-bond acceptors (Lipinski definition) is 5. The van der Waals surface area contributed by atoms with E-state index in [4.69, 9.17) is 10.8 Å². The van der Waals surface area contributed by atoms with Gasteiger partial charge >= 0.3 is 6.09 Å². The highest BCUT2D eigenvalue weighted by Crippen LogP contribution is 2.40. The molecule has 1 amide bonds. The summed E-state index contributed by atoms with van der Waals surface area (Å²) in [4.78, 5) is 19.4. The summed E-state index contributed by atoms with van der Waals surface area (Å²) in [5.74, 6) is -0.0547. The van der Waals surface area contributed by atoms with Gasteiger partial charge in [-0.3, -0.25) is 10.3 Å². The highest BCUT2D eigenvalue weighted by Gasteiger charge is 2.23. The van der Waals surface area contributed by atoms with E-state index in [1.165, 1.54) is 12.3 Å². The van der Waals surface area contributed by atoms with Crippen LogP contribution in [-0.2, 0) is 0 Å². The van der Waals surface area contributed by atoms with Crippen LogP contribution in [-0.4, -0.2) is 27.7 Å². The van der Waals surface area contributed by atoms with Gasteiger partial charge in [0, 0.05) is 41.4 Å². The van der Waals surface area contributed by atoms with E-state index in [2.05, 4.69) is 27.5 Å². The van der Waals surface area contributed by atoms with Crippen molar-refractivity contribution in [1.82, 2.24) is 9.97 Å². The Hall–Kier alpha value is -3.42. The van der Waals surface area contributed by atoms with Crippen molar-refractivity contribution in [2.75, 3.05) is 22.9 Å². The van der Waals surface area contributed by atoms with E-state index in [0.717, 1.165) is 29.9 Å². The number of aromatic nitrogens is 2. The molecular weight excluding hydrogens is 361 g/mol. The van der Waals surface area contributed by atoms with E-state index in [1.807, 2.05) is 6.92 Å². The fourth-order valence-corrected chi connectivity index (χ4v) is 3.71. The lowest BCUT2D eigenvalue weighted by molar-refractivity contribution is 0.209. The van der Waals surface area contributed by atoms with Crippen LogP contribution in [0.25, 0.3) is 21.9 Å². The molecule has 3 aromatic rings. The van der Waals surface area contributed by atoms with E-state index in [1.54, 1.807) is 12.3 Å². The summed E-state index contributed by atoms with van der Waals surface area (Å²) < 4.78 is 15.1. The maximum atomic E-state index is 15.1. The molecule has 1 aromatic carbocycles. The predicted molar refractivity (Wildman–Crippen MR) is 107 cm³/mol. The SMILES string of the molecule is Cc1c(-c2cc3cc(NC(=O)O)ncc3c(N)c2F)cnc2c1NCCC2C. The number of nitrogen functional groups attached to an aromatic ring is 1. The van der Waals surface area contributed by atoms with Crippen LogP contribution < -0.4 is 16.4 Å². The number of nitrogens with one attached hydrogen (secondary N) is 2. The second kappa shape index (κ2) is 6.63. The fraction of sp³-hybridized carbons (Fsp3) is 0.250. The third-order valence-corrected chi connectivity index (χ3v) is 5.24. The molecular formula is C20H20FN5O2. The number of rotatable bonds is 2. The lowest BCUT2D eigenvalue weighted by Crippen LogP contribution is -2.18. The summed E-state index contributed by atoms with van der Waals surface area (Å²) >= 11 is 0. The zero-order chi connectivity index (χ0) is 20.0. The van der Waals surface area contributed by atoms with Gasteiger partial charge in [-0.25, -0.2) is 14.2 Å². The van der Waals surface area contributed by atoms with Crippen molar-refractivity contribution in [2.24, 2.45) is 0 Å². The molecule has 0 radical (unpaired) electrons. The van der Waals surface area contributed by atoms with Gasteiger partial charge in [-0.15, -0.1) is 0 Å². The van der Waals surface area contributed by atoms with Gasteiger partial charge in [-0.2, -0.15) is 0 Å². The first kappa shape index (κ1) is 18.0. The molecule has 5 N–H and O–H groups in total. The van der Waals surface area contributed by atoms with Gasteiger partial charge in [0.05, 0.1) is 17.1 Å². The second-order valence-electron chi connectivity index (χ2n) is 7.05. The monoisotopic (exact) mass is 381 g/mol. The molecule has 1 aliphatic heterocycles. The van der Waals surface area contributed by atoms with Gasteiger partial charge < -0.3 is 16.2 Å². The maximum absolute atomic E-state index is 15.1. The minimum atomic E-state index is -1.22. The highest BCUT2D eigenvalue weighted by molar-refractivity contribution is 5.99. The van der Waals surface area contributed by atoms with Crippen LogP contribution in [0.1, 0.15) is 30.5 Å². The van der Waals surface area contributed by atoms with Crippen molar-refractivity contribution in [1.29, 1.82) is 0 Å². The molecule has 144 valence electrons. The number of nitrogens with two attached hydrogens (primary N) is 1. The van der Waals surface area contributed by atoms with Crippen LogP contribution in [0.4, 0.5) is 26.4 Å². The number of pyridine rings is 2. The largest absolute Gasteiger partial charge is 0.465 e. The molecule has 1 unspecified atom stereocenters. The van der Waals surface area contributed by atoms with Crippen LogP contribution in [0.3, 0.4) is 0 Å². The number of halogens is 1. The van der Waals surface area contributed by atoms with Gasteiger partial charge in [0.1, 0.15) is 5.82 Å². The summed E-state index contributed by atoms with van der Waals surface area (Å²) in [6.07, 6.45) is 2.82. The Balaban J connectivity index is 1.91. The standard InChI is InChI=1S/C20H20FN5O2/c1-9-3-4-23-19-10(2)13(7-25-18(9)19)12-5-11-6-15(26-20(27)28)24-8-14(11)17(22)16(12)21/h5-9,23H,3-4,22H2,1-2H3,(H,24,26)(H,27,28). The minimum Gasteiger partial charge on any atom is -0.465 e. The molecule has 28 heavy (non-hydrogen) atoms. The van der Waals surface area contributed by atoms with E-state index in [0.29, 0.717) is 27.8 Å². The van der Waals surface area contributed by atoms with Crippen LogP contribution in [0.5, 0.6) is 0 Å². The van der Waals surface area contributed by atoms with Gasteiger partial charge in [0.15, 0.2) is 5.82 Å². The first-order valence-electron chi connectivity index (χ1n) is 8.98. The fourth-order valence-electron chi connectivity index (χ4n) is 3.71. The first-order valence-corrected chi connectivity index (χ1v) is 8.98. The van der Waals surface area contributed by atoms with Crippen molar-refractivity contribution in [3.05, 3.63) is 41.6 Å². The average molecular weight is 381 g/mol. The Morgan fingerprint density at radius 3 is 2.86 bits per heavy atom. The van der Waals surface area contributed by atoms with E-state index < -0.39 is 11.9 Å². The third-order valence-electron chi connectivity index (χ3n) is 5.24. The average Bonchev–Trinajstić information content (AvgIpc) is 2.65. The zero-order valence-electron chi connectivity index (χ0n) is 15.5. The minimum absolute atomic E-state index is 0.0275. The summed E-state index contributed by atoms with van der Waals surface area (Å²) in [5.41, 5.74) is 9.81. The van der Waals surface area contributed by atoms with Crippen molar-refractivity contribution in [2.45, 2.75) is 26.2 Å². The Morgan fingerprint density at radius 2 is 2.11 bits per heavy atom. The van der Waals surface area contributed by atoms with E-state index in [-0.39, 0.29) is 11.5 Å². The number of anilines is 3. The Labute approximate surface area is 160 Å². The van der Waals surface area contributed by atoms with Crippen molar-refractivity contribution < 1.29 is 14.3 Å². The Bertz CT molecular complexity index is 1120. The molecule has 7 nitrogen and oxygen atoms in total. The van der Waals surface area contributed by atoms with E-state index >= 15 is 4.39 Å². The number of carboxylic acid groups (broad SMARTS) is 1. The van der Waals surface area contributed by atoms with Crippen LogP contribution >= 0.6 is 0 Å². The molecule has 0 saturated heterocycles. The summed E-state index contributed by atoms with van der Waals surface area (Å²) in [7, 11) is 0. The summed E-state index contributed by atoms with van der Waals surface area (Å²) in [6.45, 7) is 4.91. The van der Waals surface area contributed by atoms with Gasteiger partial charge in [-0.1, -0.05) is 6.92 Å². The van der Waals surface area contributed by atoms with Gasteiger partial charge in [0.2, 0.25) is 0 Å². The summed E-state index contributed by atoms with van der Waals surface area (Å²) in [6, 6.07) is 3.18. The van der Waals surface area contributed by atoms with Gasteiger partial charge in [0.25, 0.3) is 0 Å². The molecule has 0 spiro atoms. The maximum Gasteiger partial charge on any atom is 0.410 e. The molecule has 4 rings (SSSR count). The summed E-state index contributed by atoms with van der Waals surface area (Å²) in [5, 5.41) is 15.5. The molecule has 0 saturated carbocycles. The van der Waals surface area contributed by atoms with Gasteiger partial charge in [-0.05, 0) is 36.4 Å². The van der Waals surface area contributed by atoms with Crippen molar-refractivity contribution in [3.63, 3.8) is 0 Å². The van der Waals surface area contributed by atoms with Crippen molar-refractivity contribution in [3.8, 4) is 11.1 Å². The normalized spacial score (nSPS) is 15.8. The molecule has 8 heteroatoms. The van der Waals surface area contributed by atoms with E-state index in [9.17, 15) is 4.79 Å². The number of fused-ring (bicyclic) bond motifs is 2. The zero-order valence-corrected chi connectivity index (χ0v) is 15.5. The number of nitrogens with zero attached hydrogens (tertiary/aromatic N) is 2. The van der Waals surface area contributed by atoms with Crippen molar-refractivity contribution >= 4 is 34.1 Å². The third kappa shape index (κ3) is 2.87. The number of hydrogen-bond donors (Lipinski definition) is 4. The molecule has 0 bridgehead atoms. The number of amides is 1. The molecule has 0 aliphatic carbocycles. The lowest BCUT2D eigenvalue weighted by Gasteiger charge is -2.26. The molecule has 1 atom stereocenters. The quantitative estimate of drug-likeness (QED) is 0.491. The smallest absolute Gasteiger partial charge is 0.410 e. The Kier molecular flexibility index (Phi) is 4.26. The Morgan fingerprint density at radius 1 is 1.32 bits per heavy atom. The van der Waals surface area contributed by atoms with Crippen LogP contribution in [0.2, 0.25) is 0 Å². The molecule has 1 aliphatic rings. The molecule has 2 aromatic heterocycles. The van der Waals surface area contributed by atoms with Crippen LogP contribution in [0, 0.1) is 12.7 Å².